The van der Waals surface area contributed by atoms with Gasteiger partial charge in [0, 0.05) is 18.0 Å². The first kappa shape index (κ1) is 13.5. The maximum Gasteiger partial charge on any atom is 0.231 e. The van der Waals surface area contributed by atoms with Crippen LogP contribution in [0.1, 0.15) is 25.7 Å². The molecule has 2 rings (SSSR count). The second-order valence-corrected chi connectivity index (χ2v) is 4.40. The summed E-state index contributed by atoms with van der Waals surface area (Å²) in [6, 6.07) is 7.63. The number of ether oxygens (including phenoxy) is 1. The third-order valence-electron chi connectivity index (χ3n) is 2.89. The fraction of sp³-hybridized carbons (Fsp3) is 0.429. The van der Waals surface area contributed by atoms with E-state index in [1.54, 1.807) is 7.11 Å². The summed E-state index contributed by atoms with van der Waals surface area (Å²) in [7, 11) is 1.64. The van der Waals surface area contributed by atoms with Crippen molar-refractivity contribution in [1.29, 1.82) is 0 Å². The monoisotopic (exact) mass is 261 g/mol. The zero-order valence-corrected chi connectivity index (χ0v) is 11.5. The Morgan fingerprint density at radius 3 is 3.00 bits per heavy atom. The summed E-state index contributed by atoms with van der Waals surface area (Å²) in [6.07, 6.45) is 0. The van der Waals surface area contributed by atoms with Crippen LogP contribution >= 0.6 is 0 Å². The van der Waals surface area contributed by atoms with Crippen LogP contribution in [0.2, 0.25) is 0 Å². The van der Waals surface area contributed by atoms with Crippen LogP contribution in [-0.4, -0.2) is 30.3 Å². The number of benzene rings is 1. The summed E-state index contributed by atoms with van der Waals surface area (Å²) in [6.45, 7) is 5.89. The van der Waals surface area contributed by atoms with Crippen LogP contribution in [0.15, 0.2) is 28.8 Å². The maximum atomic E-state index is 5.31. The Labute approximate surface area is 113 Å². The molecule has 1 unspecified atom stereocenters. The van der Waals surface area contributed by atoms with E-state index in [0.29, 0.717) is 11.7 Å². The van der Waals surface area contributed by atoms with Crippen LogP contribution < -0.4 is 10.1 Å². The van der Waals surface area contributed by atoms with Gasteiger partial charge in [0.15, 0.2) is 0 Å². The van der Waals surface area contributed by atoms with Gasteiger partial charge in [-0.1, -0.05) is 31.1 Å². The van der Waals surface area contributed by atoms with Crippen LogP contribution in [0.5, 0.6) is 5.75 Å². The molecule has 1 N–H and O–H groups in total. The van der Waals surface area contributed by atoms with Crippen LogP contribution in [0.3, 0.4) is 0 Å². The molecule has 102 valence electrons. The first-order valence-corrected chi connectivity index (χ1v) is 6.43. The van der Waals surface area contributed by atoms with E-state index in [2.05, 4.69) is 29.3 Å². The van der Waals surface area contributed by atoms with Gasteiger partial charge in [-0.15, -0.1) is 0 Å². The standard InChI is InChI=1S/C14H19N3O2/c1-4-15-9-10(2)14-16-13(17-19-14)11-6-5-7-12(8-11)18-3/h5-8,10,15H,4,9H2,1-3H3. The first-order valence-electron chi connectivity index (χ1n) is 6.43. The molecule has 19 heavy (non-hydrogen) atoms. The zero-order valence-electron chi connectivity index (χ0n) is 11.5. The largest absolute Gasteiger partial charge is 0.497 e. The van der Waals surface area contributed by atoms with Gasteiger partial charge in [-0.3, -0.25) is 0 Å². The van der Waals surface area contributed by atoms with E-state index in [4.69, 9.17) is 9.26 Å². The fourth-order valence-electron chi connectivity index (χ4n) is 1.76. The summed E-state index contributed by atoms with van der Waals surface area (Å²) < 4.78 is 10.5. The first-order chi connectivity index (χ1) is 9.24. The topological polar surface area (TPSA) is 60.2 Å². The number of rotatable bonds is 6. The predicted octanol–water partition coefficient (Wildman–Crippen LogP) is 2.46. The molecule has 0 aliphatic heterocycles. The molecule has 1 aromatic heterocycles. The van der Waals surface area contributed by atoms with E-state index in [0.717, 1.165) is 24.4 Å². The third-order valence-corrected chi connectivity index (χ3v) is 2.89. The Morgan fingerprint density at radius 1 is 1.42 bits per heavy atom. The average Bonchev–Trinajstić information content (AvgIpc) is 2.94. The third kappa shape index (κ3) is 3.32. The highest BCUT2D eigenvalue weighted by Gasteiger charge is 2.15. The van der Waals surface area contributed by atoms with Crippen molar-refractivity contribution in [1.82, 2.24) is 15.5 Å². The molecular weight excluding hydrogens is 242 g/mol. The van der Waals surface area contributed by atoms with Gasteiger partial charge in [0.05, 0.1) is 7.11 Å². The maximum absolute atomic E-state index is 5.31. The van der Waals surface area contributed by atoms with Gasteiger partial charge in [-0.05, 0) is 18.7 Å². The number of aromatic nitrogens is 2. The molecule has 5 heteroatoms. The highest BCUT2D eigenvalue weighted by Crippen LogP contribution is 2.23. The van der Waals surface area contributed by atoms with Gasteiger partial charge >= 0.3 is 0 Å². The predicted molar refractivity (Wildman–Crippen MR) is 73.2 cm³/mol. The van der Waals surface area contributed by atoms with E-state index in [-0.39, 0.29) is 5.92 Å². The molecule has 2 aromatic rings. The smallest absolute Gasteiger partial charge is 0.231 e. The molecular formula is C14H19N3O2. The number of likely N-dealkylation sites (N-methyl/N-ethyl adjacent to an activating group) is 1. The highest BCUT2D eigenvalue weighted by atomic mass is 16.5. The molecule has 0 saturated heterocycles. The van der Waals surface area contributed by atoms with Crippen molar-refractivity contribution in [2.45, 2.75) is 19.8 Å². The molecule has 1 atom stereocenters. The summed E-state index contributed by atoms with van der Waals surface area (Å²) in [5.41, 5.74) is 0.894. The molecule has 0 aliphatic rings. The number of methoxy groups -OCH3 is 1. The minimum atomic E-state index is 0.201. The lowest BCUT2D eigenvalue weighted by atomic mass is 10.1. The van der Waals surface area contributed by atoms with Crippen molar-refractivity contribution in [2.75, 3.05) is 20.2 Å². The van der Waals surface area contributed by atoms with Gasteiger partial charge in [0.1, 0.15) is 5.75 Å². The van der Waals surface area contributed by atoms with E-state index in [9.17, 15) is 0 Å². The van der Waals surface area contributed by atoms with Crippen LogP contribution in [-0.2, 0) is 0 Å². The van der Waals surface area contributed by atoms with E-state index in [1.165, 1.54) is 0 Å². The Morgan fingerprint density at radius 2 is 2.26 bits per heavy atom. The lowest BCUT2D eigenvalue weighted by Crippen LogP contribution is -2.19. The van der Waals surface area contributed by atoms with Crippen LogP contribution in [0.4, 0.5) is 0 Å². The lowest BCUT2D eigenvalue weighted by molar-refractivity contribution is 0.355. The SMILES string of the molecule is CCNCC(C)c1nc(-c2cccc(OC)c2)no1. The van der Waals surface area contributed by atoms with E-state index < -0.39 is 0 Å². The molecule has 0 radical (unpaired) electrons. The Balaban J connectivity index is 2.15. The quantitative estimate of drug-likeness (QED) is 0.865. The zero-order chi connectivity index (χ0) is 13.7. The molecule has 0 spiro atoms. The Hall–Kier alpha value is -1.88. The minimum Gasteiger partial charge on any atom is -0.497 e. The van der Waals surface area contributed by atoms with Gasteiger partial charge in [0.25, 0.3) is 0 Å². The number of hydrogen-bond donors (Lipinski definition) is 1. The van der Waals surface area contributed by atoms with Gasteiger partial charge in [-0.2, -0.15) is 4.98 Å². The average molecular weight is 261 g/mol. The summed E-state index contributed by atoms with van der Waals surface area (Å²) in [5.74, 6) is 2.23. The number of nitrogens with zero attached hydrogens (tertiary/aromatic N) is 2. The van der Waals surface area contributed by atoms with Crippen molar-refractivity contribution in [3.63, 3.8) is 0 Å². The van der Waals surface area contributed by atoms with E-state index >= 15 is 0 Å². The highest BCUT2D eigenvalue weighted by molar-refractivity contribution is 5.56. The fourth-order valence-corrected chi connectivity index (χ4v) is 1.76. The Kier molecular flexibility index (Phi) is 4.52. The molecule has 0 aliphatic carbocycles. The van der Waals surface area contributed by atoms with Crippen LogP contribution in [0, 0.1) is 0 Å². The van der Waals surface area contributed by atoms with Crippen LogP contribution in [0.25, 0.3) is 11.4 Å². The van der Waals surface area contributed by atoms with Crippen molar-refractivity contribution >= 4 is 0 Å². The lowest BCUT2D eigenvalue weighted by Gasteiger charge is -2.05. The minimum absolute atomic E-state index is 0.201. The number of nitrogens with one attached hydrogen (secondary N) is 1. The molecule has 0 amide bonds. The molecule has 0 fully saturated rings. The van der Waals surface area contributed by atoms with Gasteiger partial charge in [0.2, 0.25) is 11.7 Å². The second kappa shape index (κ2) is 6.33. The van der Waals surface area contributed by atoms with E-state index in [1.807, 2.05) is 24.3 Å². The normalized spacial score (nSPS) is 12.4. The molecule has 0 bridgehead atoms. The van der Waals surface area contributed by atoms with Crippen molar-refractivity contribution in [3.05, 3.63) is 30.2 Å². The molecule has 0 saturated carbocycles. The van der Waals surface area contributed by atoms with Crippen molar-refractivity contribution < 1.29 is 9.26 Å². The van der Waals surface area contributed by atoms with Crippen molar-refractivity contribution in [2.24, 2.45) is 0 Å². The second-order valence-electron chi connectivity index (χ2n) is 4.40. The van der Waals surface area contributed by atoms with Crippen molar-refractivity contribution in [3.8, 4) is 17.1 Å². The summed E-state index contributed by atoms with van der Waals surface area (Å²) >= 11 is 0. The summed E-state index contributed by atoms with van der Waals surface area (Å²) in [5, 5.41) is 7.29. The van der Waals surface area contributed by atoms with Gasteiger partial charge < -0.3 is 14.6 Å². The number of hydrogen-bond acceptors (Lipinski definition) is 5. The molecule has 1 aromatic carbocycles. The molecule has 1 heterocycles. The Bertz CT molecular complexity index is 525. The molecule has 5 nitrogen and oxygen atoms in total. The summed E-state index contributed by atoms with van der Waals surface area (Å²) in [4.78, 5) is 4.44. The van der Waals surface area contributed by atoms with Gasteiger partial charge in [-0.25, -0.2) is 0 Å².